The lowest BCUT2D eigenvalue weighted by Gasteiger charge is -2.14. The quantitative estimate of drug-likeness (QED) is 0.178. The van der Waals surface area contributed by atoms with Crippen molar-refractivity contribution in [2.75, 3.05) is 19.8 Å². The third-order valence-electron chi connectivity index (χ3n) is 7.52. The summed E-state index contributed by atoms with van der Waals surface area (Å²) in [6.45, 7) is 5.73. The fraction of sp³-hybridized carbons (Fsp3) is 0.500. The molecule has 2 aliphatic carbocycles. The van der Waals surface area contributed by atoms with Crippen LogP contribution >= 0.6 is 11.3 Å². The number of rotatable bonds is 12. The van der Waals surface area contributed by atoms with Crippen LogP contribution in [0.25, 0.3) is 10.6 Å². The molecule has 0 fully saturated rings. The van der Waals surface area contributed by atoms with E-state index < -0.39 is 0 Å². The molecule has 0 unspecified atom stereocenters. The third-order valence-corrected chi connectivity index (χ3v) is 8.73. The number of fused-ring (bicyclic) bond motifs is 2. The van der Waals surface area contributed by atoms with Crippen LogP contribution in [0, 0.1) is 0 Å². The van der Waals surface area contributed by atoms with Crippen molar-refractivity contribution in [1.29, 1.82) is 0 Å². The maximum Gasteiger partial charge on any atom is 0.306 e. The standard InChI is InChI=1S/C32H39NO4S/c1-3-8-24-19-25(32-33-28-9-5-6-10-30(28)38-32)13-16-29(24)37-18-7-17-36-26-14-15-27-22(20-26)11-12-23(27)21-31(34)35-4-2/h13-16,19-20,23H,3-12,17-18,21H2,1-2H3/t23-/m0/s1. The van der Waals surface area contributed by atoms with Gasteiger partial charge in [-0.25, -0.2) is 4.98 Å². The molecule has 0 bridgehead atoms. The summed E-state index contributed by atoms with van der Waals surface area (Å²) < 4.78 is 17.4. The van der Waals surface area contributed by atoms with E-state index in [0.29, 0.717) is 26.2 Å². The zero-order valence-corrected chi connectivity index (χ0v) is 23.5. The predicted molar refractivity (Wildman–Crippen MR) is 153 cm³/mol. The summed E-state index contributed by atoms with van der Waals surface area (Å²) in [5.41, 5.74) is 6.34. The molecule has 0 amide bonds. The van der Waals surface area contributed by atoms with E-state index in [9.17, 15) is 4.79 Å². The monoisotopic (exact) mass is 533 g/mol. The van der Waals surface area contributed by atoms with Crippen LogP contribution in [0.4, 0.5) is 0 Å². The van der Waals surface area contributed by atoms with Crippen molar-refractivity contribution in [3.63, 3.8) is 0 Å². The van der Waals surface area contributed by atoms with Crippen molar-refractivity contribution in [2.45, 2.75) is 84.0 Å². The molecule has 0 N–H and O–H groups in total. The van der Waals surface area contributed by atoms with Gasteiger partial charge in [0.2, 0.25) is 0 Å². The van der Waals surface area contributed by atoms with Crippen molar-refractivity contribution < 1.29 is 19.0 Å². The molecule has 1 aromatic heterocycles. The van der Waals surface area contributed by atoms with Gasteiger partial charge in [0.05, 0.1) is 31.9 Å². The number of aromatic nitrogens is 1. The summed E-state index contributed by atoms with van der Waals surface area (Å²) in [7, 11) is 0. The van der Waals surface area contributed by atoms with Crippen LogP contribution in [0.2, 0.25) is 0 Å². The SMILES string of the molecule is CCCc1cc(-c2nc3c(s2)CCCC3)ccc1OCCCOc1ccc2c(c1)CC[C@H]2CC(=O)OCC. The van der Waals surface area contributed by atoms with E-state index in [-0.39, 0.29) is 11.9 Å². The second kappa shape index (κ2) is 12.8. The molecule has 0 saturated carbocycles. The molecule has 6 heteroatoms. The first kappa shape index (κ1) is 26.7. The molecule has 0 spiro atoms. The third kappa shape index (κ3) is 6.40. The number of esters is 1. The molecule has 0 aliphatic heterocycles. The van der Waals surface area contributed by atoms with Crippen molar-refractivity contribution in [2.24, 2.45) is 0 Å². The Hall–Kier alpha value is -2.86. The van der Waals surface area contributed by atoms with E-state index in [4.69, 9.17) is 19.2 Å². The maximum absolute atomic E-state index is 11.9. The molecule has 0 saturated heterocycles. The van der Waals surface area contributed by atoms with Gasteiger partial charge in [0, 0.05) is 16.9 Å². The Morgan fingerprint density at radius 1 is 1.03 bits per heavy atom. The van der Waals surface area contributed by atoms with Crippen LogP contribution in [0.3, 0.4) is 0 Å². The minimum absolute atomic E-state index is 0.107. The molecule has 0 radical (unpaired) electrons. The largest absolute Gasteiger partial charge is 0.493 e. The van der Waals surface area contributed by atoms with Crippen LogP contribution in [0.1, 0.15) is 85.6 Å². The number of hydrogen-bond acceptors (Lipinski definition) is 6. The van der Waals surface area contributed by atoms with Crippen molar-refractivity contribution in [1.82, 2.24) is 4.98 Å². The van der Waals surface area contributed by atoms with Crippen LogP contribution < -0.4 is 9.47 Å². The Bertz CT molecular complexity index is 1230. The Balaban J connectivity index is 1.12. The summed E-state index contributed by atoms with van der Waals surface area (Å²) in [5, 5.41) is 1.15. The highest BCUT2D eigenvalue weighted by molar-refractivity contribution is 7.15. The molecule has 202 valence electrons. The first-order chi connectivity index (χ1) is 18.6. The van der Waals surface area contributed by atoms with Gasteiger partial charge in [0.25, 0.3) is 0 Å². The smallest absolute Gasteiger partial charge is 0.306 e. The Kier molecular flexibility index (Phi) is 9.00. The van der Waals surface area contributed by atoms with Gasteiger partial charge in [0.1, 0.15) is 16.5 Å². The highest BCUT2D eigenvalue weighted by atomic mass is 32.1. The summed E-state index contributed by atoms with van der Waals surface area (Å²) in [6, 6.07) is 12.8. The number of carbonyl (C=O) groups is 1. The lowest BCUT2D eigenvalue weighted by atomic mass is 9.98. The van der Waals surface area contributed by atoms with Gasteiger partial charge in [-0.2, -0.15) is 0 Å². The molecule has 2 aromatic carbocycles. The van der Waals surface area contributed by atoms with Gasteiger partial charge in [-0.1, -0.05) is 19.4 Å². The first-order valence-corrected chi connectivity index (χ1v) is 15.1. The molecule has 38 heavy (non-hydrogen) atoms. The molecule has 1 heterocycles. The van der Waals surface area contributed by atoms with Crippen LogP contribution in [-0.4, -0.2) is 30.8 Å². The maximum atomic E-state index is 11.9. The van der Waals surface area contributed by atoms with Crippen molar-refractivity contribution in [3.8, 4) is 22.1 Å². The van der Waals surface area contributed by atoms with E-state index in [1.807, 2.05) is 24.3 Å². The number of ether oxygens (including phenoxy) is 3. The number of aryl methyl sites for hydroxylation is 4. The average Bonchev–Trinajstić information content (AvgIpc) is 3.53. The number of benzene rings is 2. The van der Waals surface area contributed by atoms with E-state index in [2.05, 4.69) is 37.3 Å². The van der Waals surface area contributed by atoms with E-state index in [1.54, 1.807) is 0 Å². The van der Waals surface area contributed by atoms with Gasteiger partial charge < -0.3 is 14.2 Å². The fourth-order valence-corrected chi connectivity index (χ4v) is 6.78. The Morgan fingerprint density at radius 2 is 1.89 bits per heavy atom. The number of thiazole rings is 1. The first-order valence-electron chi connectivity index (χ1n) is 14.3. The summed E-state index contributed by atoms with van der Waals surface area (Å²) in [5.74, 6) is 2.02. The van der Waals surface area contributed by atoms with Crippen LogP contribution in [0.5, 0.6) is 11.5 Å². The second-order valence-electron chi connectivity index (χ2n) is 10.3. The number of hydrogen-bond donors (Lipinski definition) is 0. The second-order valence-corrected chi connectivity index (χ2v) is 11.4. The summed E-state index contributed by atoms with van der Waals surface area (Å²) in [4.78, 5) is 18.3. The fourth-order valence-electron chi connectivity index (χ4n) is 5.63. The molecule has 2 aliphatic rings. The normalized spacial score (nSPS) is 16.1. The Labute approximate surface area is 230 Å². The lowest BCUT2D eigenvalue weighted by Crippen LogP contribution is -2.08. The summed E-state index contributed by atoms with van der Waals surface area (Å²) in [6.07, 6.45) is 10.2. The van der Waals surface area contributed by atoms with Crippen LogP contribution in [-0.2, 0) is 35.2 Å². The topological polar surface area (TPSA) is 57.7 Å². The summed E-state index contributed by atoms with van der Waals surface area (Å²) >= 11 is 1.87. The van der Waals surface area contributed by atoms with Crippen molar-refractivity contribution >= 4 is 17.3 Å². The van der Waals surface area contributed by atoms with E-state index >= 15 is 0 Å². The number of nitrogens with zero attached hydrogens (tertiary/aromatic N) is 1. The lowest BCUT2D eigenvalue weighted by molar-refractivity contribution is -0.143. The van der Waals surface area contributed by atoms with Crippen LogP contribution in [0.15, 0.2) is 36.4 Å². The minimum Gasteiger partial charge on any atom is -0.493 e. The highest BCUT2D eigenvalue weighted by Crippen LogP contribution is 2.38. The molecule has 5 rings (SSSR count). The predicted octanol–water partition coefficient (Wildman–Crippen LogP) is 7.47. The zero-order valence-electron chi connectivity index (χ0n) is 22.7. The van der Waals surface area contributed by atoms with E-state index in [1.165, 1.54) is 52.1 Å². The van der Waals surface area contributed by atoms with E-state index in [0.717, 1.165) is 55.0 Å². The van der Waals surface area contributed by atoms with Crippen molar-refractivity contribution in [3.05, 3.63) is 63.7 Å². The minimum atomic E-state index is -0.107. The molecular formula is C32H39NO4S. The van der Waals surface area contributed by atoms with Gasteiger partial charge in [-0.15, -0.1) is 11.3 Å². The molecular weight excluding hydrogens is 494 g/mol. The number of carbonyl (C=O) groups excluding carboxylic acids is 1. The zero-order chi connectivity index (χ0) is 26.3. The van der Waals surface area contributed by atoms with Gasteiger partial charge in [-0.3, -0.25) is 4.79 Å². The van der Waals surface area contributed by atoms with Gasteiger partial charge in [-0.05, 0) is 105 Å². The molecule has 5 nitrogen and oxygen atoms in total. The molecule has 3 aromatic rings. The Morgan fingerprint density at radius 3 is 2.74 bits per heavy atom. The van der Waals surface area contributed by atoms with Gasteiger partial charge in [0.15, 0.2) is 0 Å². The molecule has 1 atom stereocenters. The highest BCUT2D eigenvalue weighted by Gasteiger charge is 2.25. The average molecular weight is 534 g/mol. The van der Waals surface area contributed by atoms with Gasteiger partial charge >= 0.3 is 5.97 Å².